The standard InChI is InChI=1S/C20H20N4O3/c1-13-11-18(22-12-21-13)23-14-7-9-15(10-8-14)24-20(25)19-16(26-2)5-4-6-17(19)27-3/h4-12H,1-3H3,(H,24,25)(H,21,22,23). The van der Waals surface area contributed by atoms with E-state index in [1.165, 1.54) is 20.5 Å². The summed E-state index contributed by atoms with van der Waals surface area (Å²) in [6.07, 6.45) is 1.51. The first kappa shape index (κ1) is 18.2. The molecular formula is C20H20N4O3. The van der Waals surface area contributed by atoms with Crippen molar-refractivity contribution in [2.75, 3.05) is 24.9 Å². The summed E-state index contributed by atoms with van der Waals surface area (Å²) in [7, 11) is 3.03. The van der Waals surface area contributed by atoms with E-state index in [1.807, 2.05) is 25.1 Å². The number of carbonyl (C=O) groups is 1. The normalized spacial score (nSPS) is 10.2. The van der Waals surface area contributed by atoms with Crippen molar-refractivity contribution in [3.63, 3.8) is 0 Å². The summed E-state index contributed by atoms with van der Waals surface area (Å²) in [6.45, 7) is 1.90. The number of benzene rings is 2. The molecule has 0 saturated carbocycles. The first-order valence-electron chi connectivity index (χ1n) is 8.29. The van der Waals surface area contributed by atoms with Crippen LogP contribution in [0.25, 0.3) is 0 Å². The quantitative estimate of drug-likeness (QED) is 0.692. The molecule has 0 aliphatic rings. The first-order valence-corrected chi connectivity index (χ1v) is 8.29. The third kappa shape index (κ3) is 4.33. The molecule has 138 valence electrons. The molecule has 0 radical (unpaired) electrons. The molecule has 2 aromatic carbocycles. The van der Waals surface area contributed by atoms with E-state index in [4.69, 9.17) is 9.47 Å². The maximum Gasteiger partial charge on any atom is 0.263 e. The maximum atomic E-state index is 12.7. The number of aryl methyl sites for hydroxylation is 1. The fraction of sp³-hybridized carbons (Fsp3) is 0.150. The number of ether oxygens (including phenoxy) is 2. The predicted molar refractivity (Wildman–Crippen MR) is 104 cm³/mol. The summed E-state index contributed by atoms with van der Waals surface area (Å²) >= 11 is 0. The lowest BCUT2D eigenvalue weighted by atomic mass is 10.1. The molecule has 1 heterocycles. The Balaban J connectivity index is 1.74. The van der Waals surface area contributed by atoms with Gasteiger partial charge < -0.3 is 20.1 Å². The van der Waals surface area contributed by atoms with Crippen LogP contribution >= 0.6 is 0 Å². The topological polar surface area (TPSA) is 85.4 Å². The van der Waals surface area contributed by atoms with Crippen LogP contribution in [-0.2, 0) is 0 Å². The molecule has 1 amide bonds. The second-order valence-corrected chi connectivity index (χ2v) is 5.74. The summed E-state index contributed by atoms with van der Waals surface area (Å²) in [4.78, 5) is 20.9. The van der Waals surface area contributed by atoms with Crippen LogP contribution in [0.5, 0.6) is 11.5 Å². The summed E-state index contributed by atoms with van der Waals surface area (Å²) in [5.41, 5.74) is 2.72. The van der Waals surface area contributed by atoms with E-state index in [0.717, 1.165) is 11.4 Å². The molecule has 0 unspecified atom stereocenters. The Morgan fingerprint density at radius 3 is 2.15 bits per heavy atom. The van der Waals surface area contributed by atoms with E-state index in [0.29, 0.717) is 28.6 Å². The molecule has 0 atom stereocenters. The van der Waals surface area contributed by atoms with E-state index in [1.54, 1.807) is 30.3 Å². The van der Waals surface area contributed by atoms with Gasteiger partial charge in [0.2, 0.25) is 0 Å². The Bertz CT molecular complexity index is 920. The smallest absolute Gasteiger partial charge is 0.263 e. The van der Waals surface area contributed by atoms with Crippen molar-refractivity contribution in [2.24, 2.45) is 0 Å². The second-order valence-electron chi connectivity index (χ2n) is 5.74. The van der Waals surface area contributed by atoms with Crippen LogP contribution in [0.4, 0.5) is 17.2 Å². The van der Waals surface area contributed by atoms with E-state index in [2.05, 4.69) is 20.6 Å². The molecule has 7 heteroatoms. The lowest BCUT2D eigenvalue weighted by molar-refractivity contribution is 0.102. The van der Waals surface area contributed by atoms with Crippen molar-refractivity contribution in [3.8, 4) is 11.5 Å². The number of hydrogen-bond donors (Lipinski definition) is 2. The average molecular weight is 364 g/mol. The molecule has 0 bridgehead atoms. The van der Waals surface area contributed by atoms with Gasteiger partial charge >= 0.3 is 0 Å². The minimum atomic E-state index is -0.309. The van der Waals surface area contributed by atoms with Gasteiger partial charge in [0.1, 0.15) is 29.2 Å². The Kier molecular flexibility index (Phi) is 5.51. The average Bonchev–Trinajstić information content (AvgIpc) is 2.68. The van der Waals surface area contributed by atoms with Crippen molar-refractivity contribution in [2.45, 2.75) is 6.92 Å². The summed E-state index contributed by atoms with van der Waals surface area (Å²) in [5.74, 6) is 1.29. The van der Waals surface area contributed by atoms with Crippen LogP contribution in [0.2, 0.25) is 0 Å². The number of hydrogen-bond acceptors (Lipinski definition) is 6. The zero-order chi connectivity index (χ0) is 19.2. The molecule has 0 aliphatic heterocycles. The Morgan fingerprint density at radius 2 is 1.56 bits per heavy atom. The van der Waals surface area contributed by atoms with Gasteiger partial charge in [-0.25, -0.2) is 9.97 Å². The number of nitrogens with one attached hydrogen (secondary N) is 2. The highest BCUT2D eigenvalue weighted by atomic mass is 16.5. The van der Waals surface area contributed by atoms with Crippen molar-refractivity contribution >= 4 is 23.1 Å². The van der Waals surface area contributed by atoms with Gasteiger partial charge in [0.05, 0.1) is 14.2 Å². The highest BCUT2D eigenvalue weighted by Gasteiger charge is 2.18. The van der Waals surface area contributed by atoms with E-state index < -0.39 is 0 Å². The van der Waals surface area contributed by atoms with Crippen LogP contribution in [0.3, 0.4) is 0 Å². The van der Waals surface area contributed by atoms with Crippen molar-refractivity contribution < 1.29 is 14.3 Å². The van der Waals surface area contributed by atoms with Crippen molar-refractivity contribution in [1.82, 2.24) is 9.97 Å². The largest absolute Gasteiger partial charge is 0.496 e. The van der Waals surface area contributed by atoms with Crippen molar-refractivity contribution in [3.05, 3.63) is 66.1 Å². The highest BCUT2D eigenvalue weighted by molar-refractivity contribution is 6.08. The molecule has 0 spiro atoms. The third-order valence-electron chi connectivity index (χ3n) is 3.87. The lowest BCUT2D eigenvalue weighted by Gasteiger charge is -2.13. The SMILES string of the molecule is COc1cccc(OC)c1C(=O)Nc1ccc(Nc2cc(C)ncn2)cc1. The summed E-state index contributed by atoms with van der Waals surface area (Å²) in [6, 6.07) is 14.4. The van der Waals surface area contributed by atoms with Crippen LogP contribution in [0, 0.1) is 6.92 Å². The molecule has 0 saturated heterocycles. The Labute approximate surface area is 157 Å². The Morgan fingerprint density at radius 1 is 0.926 bits per heavy atom. The van der Waals surface area contributed by atoms with E-state index in [9.17, 15) is 4.79 Å². The van der Waals surface area contributed by atoms with Gasteiger partial charge in [0.15, 0.2) is 0 Å². The van der Waals surface area contributed by atoms with E-state index in [-0.39, 0.29) is 5.91 Å². The summed E-state index contributed by atoms with van der Waals surface area (Å²) < 4.78 is 10.6. The van der Waals surface area contributed by atoms with Crippen LogP contribution < -0.4 is 20.1 Å². The van der Waals surface area contributed by atoms with Gasteiger partial charge in [-0.1, -0.05) is 6.07 Å². The first-order chi connectivity index (χ1) is 13.1. The minimum absolute atomic E-state index is 0.309. The number of nitrogens with zero attached hydrogens (tertiary/aromatic N) is 2. The molecule has 0 aliphatic carbocycles. The van der Waals surface area contributed by atoms with Gasteiger partial charge in [-0.05, 0) is 43.3 Å². The fourth-order valence-electron chi connectivity index (χ4n) is 2.58. The molecule has 3 aromatic rings. The zero-order valence-electron chi connectivity index (χ0n) is 15.3. The maximum absolute atomic E-state index is 12.7. The number of carbonyl (C=O) groups excluding carboxylic acids is 1. The number of methoxy groups -OCH3 is 2. The fourth-order valence-corrected chi connectivity index (χ4v) is 2.58. The van der Waals surface area contributed by atoms with Gasteiger partial charge in [0, 0.05) is 23.1 Å². The minimum Gasteiger partial charge on any atom is -0.496 e. The van der Waals surface area contributed by atoms with Gasteiger partial charge in [-0.3, -0.25) is 4.79 Å². The van der Waals surface area contributed by atoms with Crippen LogP contribution in [0.15, 0.2) is 54.9 Å². The van der Waals surface area contributed by atoms with Gasteiger partial charge in [-0.15, -0.1) is 0 Å². The number of amides is 1. The van der Waals surface area contributed by atoms with Gasteiger partial charge in [0.25, 0.3) is 5.91 Å². The second kappa shape index (κ2) is 8.18. The highest BCUT2D eigenvalue weighted by Crippen LogP contribution is 2.29. The molecule has 2 N–H and O–H groups in total. The van der Waals surface area contributed by atoms with Crippen molar-refractivity contribution in [1.29, 1.82) is 0 Å². The molecule has 3 rings (SSSR count). The molecule has 1 aromatic heterocycles. The molecule has 27 heavy (non-hydrogen) atoms. The monoisotopic (exact) mass is 364 g/mol. The van der Waals surface area contributed by atoms with Crippen LogP contribution in [-0.4, -0.2) is 30.1 Å². The number of anilines is 3. The van der Waals surface area contributed by atoms with E-state index >= 15 is 0 Å². The predicted octanol–water partition coefficient (Wildman–Crippen LogP) is 3.80. The Hall–Kier alpha value is -3.61. The summed E-state index contributed by atoms with van der Waals surface area (Å²) in [5, 5.41) is 6.05. The third-order valence-corrected chi connectivity index (χ3v) is 3.87. The molecule has 7 nitrogen and oxygen atoms in total. The molecular weight excluding hydrogens is 344 g/mol. The number of aromatic nitrogens is 2. The lowest BCUT2D eigenvalue weighted by Crippen LogP contribution is -2.14. The van der Waals surface area contributed by atoms with Crippen LogP contribution in [0.1, 0.15) is 16.1 Å². The zero-order valence-corrected chi connectivity index (χ0v) is 15.3. The number of rotatable bonds is 6. The molecule has 0 fully saturated rings. The van der Waals surface area contributed by atoms with Gasteiger partial charge in [-0.2, -0.15) is 0 Å².